The fourth-order valence-corrected chi connectivity index (χ4v) is 1.39. The van der Waals surface area contributed by atoms with Gasteiger partial charge in [-0.2, -0.15) is 13.2 Å². The minimum Gasteiger partial charge on any atom is -0.481 e. The monoisotopic (exact) mass is 240 g/mol. The Kier molecular flexibility index (Phi) is 6.06. The quantitative estimate of drug-likeness (QED) is 0.744. The largest absolute Gasteiger partial charge is 0.481 e. The molecule has 0 aliphatic rings. The van der Waals surface area contributed by atoms with Crippen LogP contribution < -0.4 is 0 Å². The van der Waals surface area contributed by atoms with Gasteiger partial charge in [-0.15, -0.1) is 0 Å². The van der Waals surface area contributed by atoms with Crippen molar-refractivity contribution in [2.45, 2.75) is 45.2 Å². The van der Waals surface area contributed by atoms with Crippen molar-refractivity contribution in [1.29, 1.82) is 0 Å². The van der Waals surface area contributed by atoms with E-state index in [1.165, 1.54) is 0 Å². The number of hydrogen-bond donors (Lipinski definition) is 1. The summed E-state index contributed by atoms with van der Waals surface area (Å²) in [5.74, 6) is -3.72. The third-order valence-corrected chi connectivity index (χ3v) is 2.22. The second-order valence-electron chi connectivity index (χ2n) is 3.73. The smallest absolute Gasteiger partial charge is 0.449 e. The molecule has 0 saturated heterocycles. The first-order chi connectivity index (χ1) is 7.27. The number of carbonyl (C=O) groups excluding carboxylic acids is 1. The molecule has 3 nitrogen and oxygen atoms in total. The Morgan fingerprint density at radius 3 is 2.19 bits per heavy atom. The van der Waals surface area contributed by atoms with Crippen LogP contribution in [0.25, 0.3) is 0 Å². The van der Waals surface area contributed by atoms with E-state index < -0.39 is 30.3 Å². The highest BCUT2D eigenvalue weighted by Crippen LogP contribution is 2.24. The molecule has 0 aromatic rings. The lowest BCUT2D eigenvalue weighted by Gasteiger charge is -2.14. The molecule has 6 heteroatoms. The van der Waals surface area contributed by atoms with Gasteiger partial charge in [-0.05, 0) is 12.3 Å². The van der Waals surface area contributed by atoms with E-state index in [4.69, 9.17) is 5.11 Å². The molecule has 0 radical (unpaired) electrons. The molecule has 0 unspecified atom stereocenters. The third kappa shape index (κ3) is 6.42. The Hall–Kier alpha value is -1.07. The average molecular weight is 240 g/mol. The first kappa shape index (κ1) is 14.9. The van der Waals surface area contributed by atoms with Crippen molar-refractivity contribution in [1.82, 2.24) is 0 Å². The standard InChI is InChI=1S/C10H15F3O3/c1-2-3-4-7(6-9(15)16)5-8(14)10(11,12)13/h7H,2-6H2,1H3,(H,15,16)/t7-/m1/s1. The van der Waals surface area contributed by atoms with Crippen molar-refractivity contribution in [3.63, 3.8) is 0 Å². The molecule has 0 heterocycles. The van der Waals surface area contributed by atoms with E-state index in [0.717, 1.165) is 6.42 Å². The van der Waals surface area contributed by atoms with Crippen molar-refractivity contribution < 1.29 is 27.9 Å². The molecule has 1 atom stereocenters. The van der Waals surface area contributed by atoms with Crippen LogP contribution in [0, 0.1) is 5.92 Å². The number of unbranched alkanes of at least 4 members (excludes halogenated alkanes) is 1. The number of carbonyl (C=O) groups is 2. The van der Waals surface area contributed by atoms with Crippen LogP contribution in [0.3, 0.4) is 0 Å². The molecule has 16 heavy (non-hydrogen) atoms. The zero-order valence-electron chi connectivity index (χ0n) is 9.01. The second-order valence-corrected chi connectivity index (χ2v) is 3.73. The number of aliphatic carboxylic acids is 1. The van der Waals surface area contributed by atoms with Crippen LogP contribution in [0.5, 0.6) is 0 Å². The van der Waals surface area contributed by atoms with Crippen molar-refractivity contribution in [2.24, 2.45) is 5.92 Å². The number of hydrogen-bond acceptors (Lipinski definition) is 2. The Labute approximate surface area is 91.6 Å². The highest BCUT2D eigenvalue weighted by molar-refractivity contribution is 5.84. The number of carboxylic acid groups (broad SMARTS) is 1. The predicted octanol–water partition coefficient (Wildman–Crippen LogP) is 2.79. The summed E-state index contributed by atoms with van der Waals surface area (Å²) in [4.78, 5) is 21.1. The molecule has 0 aliphatic carbocycles. The van der Waals surface area contributed by atoms with Gasteiger partial charge in [0.15, 0.2) is 0 Å². The second kappa shape index (κ2) is 6.50. The SMILES string of the molecule is CCCC[C@@H](CC(=O)O)CC(=O)C(F)(F)F. The summed E-state index contributed by atoms with van der Waals surface area (Å²) in [6.45, 7) is 1.85. The summed E-state index contributed by atoms with van der Waals surface area (Å²) in [5, 5.41) is 8.51. The van der Waals surface area contributed by atoms with Gasteiger partial charge in [0.2, 0.25) is 5.78 Å². The van der Waals surface area contributed by atoms with E-state index in [1.54, 1.807) is 0 Å². The number of alkyl halides is 3. The van der Waals surface area contributed by atoms with Gasteiger partial charge < -0.3 is 5.11 Å². The maximum absolute atomic E-state index is 12.0. The zero-order chi connectivity index (χ0) is 12.8. The topological polar surface area (TPSA) is 54.4 Å². The molecule has 0 spiro atoms. The predicted molar refractivity (Wildman–Crippen MR) is 50.9 cm³/mol. The Bertz CT molecular complexity index is 248. The number of ketones is 1. The molecule has 0 amide bonds. The molecule has 0 saturated carbocycles. The van der Waals surface area contributed by atoms with Crippen molar-refractivity contribution in [2.75, 3.05) is 0 Å². The van der Waals surface area contributed by atoms with Crippen LogP contribution in [-0.4, -0.2) is 23.0 Å². The van der Waals surface area contributed by atoms with Crippen molar-refractivity contribution in [3.05, 3.63) is 0 Å². The molecule has 0 aromatic heterocycles. The van der Waals surface area contributed by atoms with Crippen LogP contribution in [-0.2, 0) is 9.59 Å². The van der Waals surface area contributed by atoms with E-state index in [-0.39, 0.29) is 6.42 Å². The van der Waals surface area contributed by atoms with E-state index in [9.17, 15) is 22.8 Å². The van der Waals surface area contributed by atoms with E-state index >= 15 is 0 Å². The molecule has 0 aromatic carbocycles. The van der Waals surface area contributed by atoms with Crippen molar-refractivity contribution >= 4 is 11.8 Å². The van der Waals surface area contributed by atoms with Crippen LogP contribution in [0.1, 0.15) is 39.0 Å². The van der Waals surface area contributed by atoms with Gasteiger partial charge >= 0.3 is 12.1 Å². The molecule has 0 aliphatic heterocycles. The fourth-order valence-electron chi connectivity index (χ4n) is 1.39. The minimum atomic E-state index is -4.86. The third-order valence-electron chi connectivity index (χ3n) is 2.22. The molecule has 0 fully saturated rings. The minimum absolute atomic E-state index is 0.338. The summed E-state index contributed by atoms with van der Waals surface area (Å²) in [6, 6.07) is 0. The van der Waals surface area contributed by atoms with Gasteiger partial charge in [0.1, 0.15) is 0 Å². The molecular weight excluding hydrogens is 225 g/mol. The molecule has 0 bridgehead atoms. The summed E-state index contributed by atoms with van der Waals surface area (Å²) >= 11 is 0. The van der Waals surface area contributed by atoms with Crippen molar-refractivity contribution in [3.8, 4) is 0 Å². The Morgan fingerprint density at radius 1 is 1.25 bits per heavy atom. The summed E-state index contributed by atoms with van der Waals surface area (Å²) in [7, 11) is 0. The summed E-state index contributed by atoms with van der Waals surface area (Å²) in [6.07, 6.45) is -4.25. The van der Waals surface area contributed by atoms with E-state index in [0.29, 0.717) is 12.8 Å². The lowest BCUT2D eigenvalue weighted by Crippen LogP contribution is -2.26. The lowest BCUT2D eigenvalue weighted by atomic mass is 9.93. The molecule has 1 N–H and O–H groups in total. The van der Waals surface area contributed by atoms with Gasteiger partial charge in [-0.3, -0.25) is 9.59 Å². The number of Topliss-reactive ketones (excluding diaryl/α,β-unsaturated/α-hetero) is 1. The molecule has 94 valence electrons. The summed E-state index contributed by atoms with van der Waals surface area (Å²) in [5.41, 5.74) is 0. The fraction of sp³-hybridized carbons (Fsp3) is 0.800. The van der Waals surface area contributed by atoms with Crippen LogP contribution >= 0.6 is 0 Å². The Morgan fingerprint density at radius 2 is 1.81 bits per heavy atom. The normalized spacial score (nSPS) is 13.5. The summed E-state index contributed by atoms with van der Waals surface area (Å²) < 4.78 is 35.9. The van der Waals surface area contributed by atoms with Crippen LogP contribution in [0.15, 0.2) is 0 Å². The lowest BCUT2D eigenvalue weighted by molar-refractivity contribution is -0.172. The maximum Gasteiger partial charge on any atom is 0.449 e. The number of carboxylic acids is 1. The average Bonchev–Trinajstić information content (AvgIpc) is 2.11. The van der Waals surface area contributed by atoms with E-state index in [1.807, 2.05) is 6.92 Å². The van der Waals surface area contributed by atoms with Gasteiger partial charge in [0.25, 0.3) is 0 Å². The highest BCUT2D eigenvalue weighted by atomic mass is 19.4. The van der Waals surface area contributed by atoms with Crippen LogP contribution in [0.4, 0.5) is 13.2 Å². The molecule has 0 rings (SSSR count). The zero-order valence-corrected chi connectivity index (χ0v) is 9.01. The highest BCUT2D eigenvalue weighted by Gasteiger charge is 2.39. The van der Waals surface area contributed by atoms with Crippen LogP contribution in [0.2, 0.25) is 0 Å². The molecular formula is C10H15F3O3. The van der Waals surface area contributed by atoms with Gasteiger partial charge in [-0.25, -0.2) is 0 Å². The van der Waals surface area contributed by atoms with Gasteiger partial charge in [0, 0.05) is 12.8 Å². The van der Waals surface area contributed by atoms with Gasteiger partial charge in [-0.1, -0.05) is 19.8 Å². The Balaban J connectivity index is 4.30. The van der Waals surface area contributed by atoms with Gasteiger partial charge in [0.05, 0.1) is 0 Å². The first-order valence-corrected chi connectivity index (χ1v) is 5.09. The first-order valence-electron chi connectivity index (χ1n) is 5.09. The number of rotatable bonds is 7. The number of halogens is 3. The van der Waals surface area contributed by atoms with E-state index in [2.05, 4.69) is 0 Å². The maximum atomic E-state index is 12.0.